The molecular weight excluding hydrogens is 240 g/mol. The van der Waals surface area contributed by atoms with Crippen LogP contribution in [0.2, 0.25) is 0 Å². The highest BCUT2D eigenvalue weighted by atomic mass is 16.5. The van der Waals surface area contributed by atoms with Gasteiger partial charge in [-0.25, -0.2) is 0 Å². The van der Waals surface area contributed by atoms with Gasteiger partial charge in [0, 0.05) is 25.7 Å². The van der Waals surface area contributed by atoms with Gasteiger partial charge in [-0.3, -0.25) is 4.90 Å². The molecule has 1 unspecified atom stereocenters. The second kappa shape index (κ2) is 7.02. The number of hydrogen-bond acceptors (Lipinski definition) is 4. The first-order valence-electron chi connectivity index (χ1n) is 7.92. The molecule has 0 spiro atoms. The third-order valence-electron chi connectivity index (χ3n) is 4.42. The third kappa shape index (κ3) is 4.42. The number of hydrogen-bond donors (Lipinski definition) is 2. The van der Waals surface area contributed by atoms with E-state index < -0.39 is 0 Å². The van der Waals surface area contributed by atoms with Crippen molar-refractivity contribution in [3.63, 3.8) is 0 Å². The summed E-state index contributed by atoms with van der Waals surface area (Å²) in [4.78, 5) is 2.42. The summed E-state index contributed by atoms with van der Waals surface area (Å²) >= 11 is 0. The molecule has 0 aromatic carbocycles. The van der Waals surface area contributed by atoms with Gasteiger partial charge in [0.25, 0.3) is 0 Å². The number of nitrogens with zero attached hydrogens (tertiary/aromatic N) is 1. The van der Waals surface area contributed by atoms with E-state index in [4.69, 9.17) is 4.74 Å². The first-order chi connectivity index (χ1) is 9.24. The van der Waals surface area contributed by atoms with Crippen LogP contribution in [0.3, 0.4) is 0 Å². The Morgan fingerprint density at radius 2 is 2.00 bits per heavy atom. The molecule has 0 aromatic rings. The van der Waals surface area contributed by atoms with E-state index in [0.717, 1.165) is 32.8 Å². The third-order valence-corrected chi connectivity index (χ3v) is 4.42. The molecule has 4 nitrogen and oxygen atoms in total. The largest absolute Gasteiger partial charge is 0.394 e. The maximum atomic E-state index is 9.96. The Kier molecular flexibility index (Phi) is 5.63. The molecule has 1 atom stereocenters. The molecule has 0 aliphatic heterocycles. The maximum Gasteiger partial charge on any atom is 0.0628 e. The number of likely N-dealkylation sites (N-methyl/N-ethyl adjacent to an activating group) is 1. The van der Waals surface area contributed by atoms with Crippen LogP contribution < -0.4 is 5.32 Å². The monoisotopic (exact) mass is 270 g/mol. The average Bonchev–Trinajstić information content (AvgIpc) is 3.28. The number of aliphatic hydroxyl groups is 1. The molecule has 2 aliphatic carbocycles. The zero-order valence-corrected chi connectivity index (χ0v) is 12.5. The van der Waals surface area contributed by atoms with Crippen LogP contribution in [0.4, 0.5) is 0 Å². The van der Waals surface area contributed by atoms with E-state index in [1.165, 1.54) is 25.7 Å². The van der Waals surface area contributed by atoms with Crippen molar-refractivity contribution >= 4 is 0 Å². The molecule has 112 valence electrons. The molecule has 0 amide bonds. The molecule has 2 N–H and O–H groups in total. The maximum absolute atomic E-state index is 9.96. The molecule has 2 fully saturated rings. The number of rotatable bonds is 11. The van der Waals surface area contributed by atoms with Crippen molar-refractivity contribution in [2.45, 2.75) is 51.1 Å². The van der Waals surface area contributed by atoms with Gasteiger partial charge >= 0.3 is 0 Å². The van der Waals surface area contributed by atoms with E-state index >= 15 is 0 Å². The predicted molar refractivity (Wildman–Crippen MR) is 77.3 cm³/mol. The second-order valence-electron chi connectivity index (χ2n) is 6.07. The van der Waals surface area contributed by atoms with Gasteiger partial charge in [0.1, 0.15) is 0 Å². The number of ether oxygens (including phenoxy) is 1. The summed E-state index contributed by atoms with van der Waals surface area (Å²) in [7, 11) is 0. The van der Waals surface area contributed by atoms with E-state index in [9.17, 15) is 5.11 Å². The summed E-state index contributed by atoms with van der Waals surface area (Å²) in [6.07, 6.45) is 5.09. The smallest absolute Gasteiger partial charge is 0.0628 e. The van der Waals surface area contributed by atoms with Crippen molar-refractivity contribution in [3.05, 3.63) is 0 Å². The Bertz CT molecular complexity index is 267. The van der Waals surface area contributed by atoms with Crippen LogP contribution >= 0.6 is 0 Å². The fraction of sp³-hybridized carbons (Fsp3) is 1.00. The van der Waals surface area contributed by atoms with Crippen LogP contribution in [-0.4, -0.2) is 61.0 Å². The minimum absolute atomic E-state index is 0.0661. The SMILES string of the molecule is CCOCCN(CC)CC(CO)(NC1CC1)C1CC1. The topological polar surface area (TPSA) is 44.7 Å². The van der Waals surface area contributed by atoms with Gasteiger partial charge in [-0.05, 0) is 45.1 Å². The van der Waals surface area contributed by atoms with Crippen molar-refractivity contribution in [1.29, 1.82) is 0 Å². The lowest BCUT2D eigenvalue weighted by Crippen LogP contribution is -2.59. The zero-order chi connectivity index (χ0) is 13.7. The molecule has 19 heavy (non-hydrogen) atoms. The van der Waals surface area contributed by atoms with Crippen molar-refractivity contribution in [2.75, 3.05) is 39.5 Å². The normalized spacial score (nSPS) is 22.7. The Morgan fingerprint density at radius 3 is 2.47 bits per heavy atom. The van der Waals surface area contributed by atoms with Crippen molar-refractivity contribution in [1.82, 2.24) is 10.2 Å². The minimum atomic E-state index is -0.0661. The van der Waals surface area contributed by atoms with E-state index in [1.54, 1.807) is 0 Å². The van der Waals surface area contributed by atoms with Crippen LogP contribution in [0, 0.1) is 5.92 Å². The fourth-order valence-corrected chi connectivity index (χ4v) is 2.87. The van der Waals surface area contributed by atoms with Crippen LogP contribution in [0.15, 0.2) is 0 Å². The number of aliphatic hydroxyl groups excluding tert-OH is 1. The van der Waals surface area contributed by atoms with Gasteiger partial charge in [-0.1, -0.05) is 6.92 Å². The zero-order valence-electron chi connectivity index (χ0n) is 12.5. The Labute approximate surface area is 117 Å². The van der Waals surface area contributed by atoms with Gasteiger partial charge in [-0.2, -0.15) is 0 Å². The average molecular weight is 270 g/mol. The van der Waals surface area contributed by atoms with Crippen molar-refractivity contribution in [3.8, 4) is 0 Å². The first-order valence-corrected chi connectivity index (χ1v) is 7.92. The minimum Gasteiger partial charge on any atom is -0.394 e. The predicted octanol–water partition coefficient (Wildman–Crippen LogP) is 1.24. The molecule has 2 aliphatic rings. The van der Waals surface area contributed by atoms with E-state index in [1.807, 2.05) is 6.92 Å². The molecule has 2 rings (SSSR count). The molecule has 0 saturated heterocycles. The van der Waals surface area contributed by atoms with E-state index in [2.05, 4.69) is 17.1 Å². The van der Waals surface area contributed by atoms with Crippen LogP contribution in [0.25, 0.3) is 0 Å². The van der Waals surface area contributed by atoms with Gasteiger partial charge in [0.2, 0.25) is 0 Å². The lowest BCUT2D eigenvalue weighted by molar-refractivity contribution is 0.0665. The second-order valence-corrected chi connectivity index (χ2v) is 6.07. The van der Waals surface area contributed by atoms with Crippen LogP contribution in [0.5, 0.6) is 0 Å². The first kappa shape index (κ1) is 15.2. The molecule has 2 saturated carbocycles. The molecule has 0 aromatic heterocycles. The summed E-state index contributed by atoms with van der Waals surface area (Å²) in [6.45, 7) is 9.00. The molecular formula is C15H30N2O2. The van der Waals surface area contributed by atoms with Gasteiger partial charge in [0.05, 0.1) is 18.8 Å². The summed E-state index contributed by atoms with van der Waals surface area (Å²) in [5.41, 5.74) is -0.0661. The fourth-order valence-electron chi connectivity index (χ4n) is 2.87. The van der Waals surface area contributed by atoms with Crippen molar-refractivity contribution < 1.29 is 9.84 Å². The molecule has 0 radical (unpaired) electrons. The Balaban J connectivity index is 1.88. The standard InChI is InChI=1S/C15H30N2O2/c1-3-17(9-10-19-4-2)11-15(12-18,13-5-6-13)16-14-7-8-14/h13-14,16,18H,3-12H2,1-2H3. The van der Waals surface area contributed by atoms with Crippen LogP contribution in [-0.2, 0) is 4.74 Å². The van der Waals surface area contributed by atoms with Crippen LogP contribution in [0.1, 0.15) is 39.5 Å². The van der Waals surface area contributed by atoms with Gasteiger partial charge < -0.3 is 15.2 Å². The summed E-state index contributed by atoms with van der Waals surface area (Å²) in [6, 6.07) is 0.651. The lowest BCUT2D eigenvalue weighted by Gasteiger charge is -2.38. The highest BCUT2D eigenvalue weighted by molar-refractivity contribution is 5.06. The Morgan fingerprint density at radius 1 is 1.26 bits per heavy atom. The summed E-state index contributed by atoms with van der Waals surface area (Å²) in [5, 5.41) is 13.7. The molecule has 4 heteroatoms. The highest BCUT2D eigenvalue weighted by Crippen LogP contribution is 2.41. The summed E-state index contributed by atoms with van der Waals surface area (Å²) < 4.78 is 5.46. The molecule has 0 bridgehead atoms. The van der Waals surface area contributed by atoms with Gasteiger partial charge in [0.15, 0.2) is 0 Å². The van der Waals surface area contributed by atoms with E-state index in [0.29, 0.717) is 12.0 Å². The van der Waals surface area contributed by atoms with Gasteiger partial charge in [-0.15, -0.1) is 0 Å². The van der Waals surface area contributed by atoms with Crippen molar-refractivity contribution in [2.24, 2.45) is 5.92 Å². The quantitative estimate of drug-likeness (QED) is 0.555. The lowest BCUT2D eigenvalue weighted by atomic mass is 9.93. The highest BCUT2D eigenvalue weighted by Gasteiger charge is 2.47. The molecule has 0 heterocycles. The summed E-state index contributed by atoms with van der Waals surface area (Å²) in [5.74, 6) is 0.666. The van der Waals surface area contributed by atoms with E-state index in [-0.39, 0.29) is 12.1 Å². The Hall–Kier alpha value is -0.160. The number of nitrogens with one attached hydrogen (secondary N) is 1.